The van der Waals surface area contributed by atoms with Crippen molar-refractivity contribution in [2.75, 3.05) is 67.6 Å². The summed E-state index contributed by atoms with van der Waals surface area (Å²) in [6.45, 7) is 8.80. The summed E-state index contributed by atoms with van der Waals surface area (Å²) in [6, 6.07) is 10.7. The van der Waals surface area contributed by atoms with Gasteiger partial charge in [0.05, 0.1) is 30.9 Å². The molecule has 1 aromatic carbocycles. The molecule has 10 heteroatoms. The average Bonchev–Trinajstić information content (AvgIpc) is 3.60. The largest absolute Gasteiger partial charge is 0.381 e. The first-order valence-electron chi connectivity index (χ1n) is 12.6. The summed E-state index contributed by atoms with van der Waals surface area (Å²) in [5, 5.41) is 3.48. The molecule has 1 unspecified atom stereocenters. The molecule has 35 heavy (non-hydrogen) atoms. The number of piperazine rings is 1. The number of ether oxygens (including phenoxy) is 1. The lowest BCUT2D eigenvalue weighted by Crippen LogP contribution is -2.46. The van der Waals surface area contributed by atoms with Crippen LogP contribution in [0.2, 0.25) is 0 Å². The van der Waals surface area contributed by atoms with Crippen molar-refractivity contribution in [2.45, 2.75) is 25.9 Å². The van der Waals surface area contributed by atoms with Gasteiger partial charge in [-0.2, -0.15) is 15.0 Å². The van der Waals surface area contributed by atoms with Crippen molar-refractivity contribution >= 4 is 17.8 Å². The van der Waals surface area contributed by atoms with Crippen LogP contribution in [-0.4, -0.2) is 82.3 Å². The Morgan fingerprint density at radius 1 is 0.971 bits per heavy atom. The van der Waals surface area contributed by atoms with E-state index in [1.165, 1.54) is 5.56 Å². The highest BCUT2D eigenvalue weighted by Gasteiger charge is 2.25. The Hall–Kier alpha value is -3.24. The minimum Gasteiger partial charge on any atom is -0.381 e. The first-order chi connectivity index (χ1) is 17.3. The number of hydrogen-bond acceptors (Lipinski definition) is 9. The number of anilines is 3. The van der Waals surface area contributed by atoms with Crippen molar-refractivity contribution in [2.24, 2.45) is 5.92 Å². The lowest BCUT2D eigenvalue weighted by atomic mass is 10.1. The van der Waals surface area contributed by atoms with E-state index in [4.69, 9.17) is 19.7 Å². The first-order valence-corrected chi connectivity index (χ1v) is 12.6. The number of nitrogens with zero attached hydrogens (tertiary/aromatic N) is 7. The molecule has 3 aliphatic rings. The molecule has 0 spiro atoms. The average molecular weight is 476 g/mol. The smallest absolute Gasteiger partial charge is 0.232 e. The number of H-pyrrole nitrogens is 1. The van der Waals surface area contributed by atoms with Gasteiger partial charge in [0.2, 0.25) is 17.8 Å². The zero-order chi connectivity index (χ0) is 23.5. The molecule has 0 aliphatic carbocycles. The summed E-state index contributed by atoms with van der Waals surface area (Å²) in [6.07, 6.45) is 3.74. The third-order valence-corrected chi connectivity index (χ3v) is 7.15. The van der Waals surface area contributed by atoms with Gasteiger partial charge in [0, 0.05) is 64.8 Å². The van der Waals surface area contributed by atoms with Gasteiger partial charge < -0.3 is 24.8 Å². The van der Waals surface area contributed by atoms with Gasteiger partial charge in [0.25, 0.3) is 0 Å². The molecule has 0 saturated carbocycles. The Bertz CT molecular complexity index is 1110. The third kappa shape index (κ3) is 5.23. The molecule has 2 N–H and O–H groups in total. The summed E-state index contributed by atoms with van der Waals surface area (Å²) >= 11 is 0. The van der Waals surface area contributed by atoms with Crippen molar-refractivity contribution in [3.63, 3.8) is 0 Å². The second-order valence-corrected chi connectivity index (χ2v) is 9.62. The van der Waals surface area contributed by atoms with E-state index in [9.17, 15) is 0 Å². The van der Waals surface area contributed by atoms with Gasteiger partial charge in [-0.25, -0.2) is 4.98 Å². The standard InChI is InChI=1S/C25H33N9O/c1-2-4-19(5-3-1)15-32-9-11-33(12-10-32)24-29-23(26-14-20-7-13-35-17-20)30-25(31-24)34-8-6-21-22(16-34)28-18-27-21/h1-5,18,20H,6-17H2,(H,27,28)(H,26,29,30,31). The van der Waals surface area contributed by atoms with Crippen molar-refractivity contribution in [1.29, 1.82) is 0 Å². The monoisotopic (exact) mass is 475 g/mol. The van der Waals surface area contributed by atoms with E-state index < -0.39 is 0 Å². The summed E-state index contributed by atoms with van der Waals surface area (Å²) in [5.74, 6) is 2.64. The van der Waals surface area contributed by atoms with Gasteiger partial charge in [0.15, 0.2) is 0 Å². The minimum absolute atomic E-state index is 0.503. The normalized spacial score (nSPS) is 20.7. The zero-order valence-electron chi connectivity index (χ0n) is 20.1. The Morgan fingerprint density at radius 2 is 1.80 bits per heavy atom. The molecular formula is C25H33N9O. The van der Waals surface area contributed by atoms with Gasteiger partial charge in [0.1, 0.15) is 0 Å². The topological polar surface area (TPSA) is 98.3 Å². The molecule has 184 valence electrons. The number of aromatic amines is 1. The van der Waals surface area contributed by atoms with E-state index in [0.717, 1.165) is 102 Å². The molecular weight excluding hydrogens is 442 g/mol. The fraction of sp³-hybridized carbons (Fsp3) is 0.520. The van der Waals surface area contributed by atoms with Crippen LogP contribution in [0, 0.1) is 5.92 Å². The molecule has 6 rings (SSSR count). The highest BCUT2D eigenvalue weighted by atomic mass is 16.5. The molecule has 2 saturated heterocycles. The lowest BCUT2D eigenvalue weighted by Gasteiger charge is -2.35. The maximum Gasteiger partial charge on any atom is 0.232 e. The van der Waals surface area contributed by atoms with Crippen LogP contribution < -0.4 is 15.1 Å². The SMILES string of the molecule is c1ccc(CN2CCN(c3nc(NCC4CCOC4)nc(N4CCc5nc[nH]c5C4)n3)CC2)cc1. The van der Waals surface area contributed by atoms with Crippen molar-refractivity contribution in [3.8, 4) is 0 Å². The van der Waals surface area contributed by atoms with Gasteiger partial charge in [-0.3, -0.25) is 4.90 Å². The van der Waals surface area contributed by atoms with E-state index in [1.54, 1.807) is 6.33 Å². The fourth-order valence-electron chi connectivity index (χ4n) is 5.03. The van der Waals surface area contributed by atoms with Crippen molar-refractivity contribution in [3.05, 3.63) is 53.6 Å². The highest BCUT2D eigenvalue weighted by molar-refractivity contribution is 5.47. The van der Waals surface area contributed by atoms with Gasteiger partial charge >= 0.3 is 0 Å². The van der Waals surface area contributed by atoms with Crippen LogP contribution in [0.5, 0.6) is 0 Å². The summed E-state index contributed by atoms with van der Waals surface area (Å²) in [7, 11) is 0. The van der Waals surface area contributed by atoms with E-state index in [0.29, 0.717) is 11.9 Å². The Morgan fingerprint density at radius 3 is 2.60 bits per heavy atom. The van der Waals surface area contributed by atoms with Crippen LogP contribution in [0.25, 0.3) is 0 Å². The lowest BCUT2D eigenvalue weighted by molar-refractivity contribution is 0.187. The number of fused-ring (bicyclic) bond motifs is 1. The van der Waals surface area contributed by atoms with Crippen LogP contribution >= 0.6 is 0 Å². The van der Waals surface area contributed by atoms with Crippen molar-refractivity contribution in [1.82, 2.24) is 29.8 Å². The number of imidazole rings is 1. The maximum absolute atomic E-state index is 5.54. The van der Waals surface area contributed by atoms with E-state index in [2.05, 4.69) is 60.3 Å². The van der Waals surface area contributed by atoms with Gasteiger partial charge in [-0.05, 0) is 12.0 Å². The summed E-state index contributed by atoms with van der Waals surface area (Å²) in [5.41, 5.74) is 3.64. The van der Waals surface area contributed by atoms with Crippen LogP contribution in [0.3, 0.4) is 0 Å². The van der Waals surface area contributed by atoms with Crippen LogP contribution in [0.4, 0.5) is 17.8 Å². The molecule has 10 nitrogen and oxygen atoms in total. The van der Waals surface area contributed by atoms with Crippen LogP contribution in [0.15, 0.2) is 36.7 Å². The minimum atomic E-state index is 0.503. The summed E-state index contributed by atoms with van der Waals surface area (Å²) in [4.78, 5) is 29.3. The van der Waals surface area contributed by atoms with Crippen LogP contribution in [-0.2, 0) is 24.2 Å². The second kappa shape index (κ2) is 10.2. The predicted molar refractivity (Wildman–Crippen MR) is 135 cm³/mol. The first kappa shape index (κ1) is 22.2. The Labute approximate surface area is 205 Å². The zero-order valence-corrected chi connectivity index (χ0v) is 20.1. The molecule has 0 radical (unpaired) electrons. The number of hydrogen-bond donors (Lipinski definition) is 2. The third-order valence-electron chi connectivity index (χ3n) is 7.15. The van der Waals surface area contributed by atoms with Gasteiger partial charge in [-0.1, -0.05) is 30.3 Å². The Kier molecular flexibility index (Phi) is 6.46. The maximum atomic E-state index is 5.54. The molecule has 1 atom stereocenters. The molecule has 3 aromatic rings. The van der Waals surface area contributed by atoms with E-state index >= 15 is 0 Å². The number of benzene rings is 1. The molecule has 0 bridgehead atoms. The molecule has 3 aliphatic heterocycles. The number of nitrogens with one attached hydrogen (secondary N) is 2. The molecule has 2 fully saturated rings. The van der Waals surface area contributed by atoms with Crippen molar-refractivity contribution < 1.29 is 4.74 Å². The fourth-order valence-corrected chi connectivity index (χ4v) is 5.03. The van der Waals surface area contributed by atoms with Gasteiger partial charge in [-0.15, -0.1) is 0 Å². The second-order valence-electron chi connectivity index (χ2n) is 9.62. The molecule has 0 amide bonds. The van der Waals surface area contributed by atoms with E-state index in [-0.39, 0.29) is 0 Å². The summed E-state index contributed by atoms with van der Waals surface area (Å²) < 4.78 is 5.54. The molecule has 5 heterocycles. The van der Waals surface area contributed by atoms with Crippen LogP contribution in [0.1, 0.15) is 23.4 Å². The number of rotatable bonds is 7. The Balaban J connectivity index is 1.17. The predicted octanol–water partition coefficient (Wildman–Crippen LogP) is 1.93. The number of aromatic nitrogens is 5. The molecule has 2 aromatic heterocycles. The highest BCUT2D eigenvalue weighted by Crippen LogP contribution is 2.24. The van der Waals surface area contributed by atoms with E-state index in [1.807, 2.05) is 0 Å². The quantitative estimate of drug-likeness (QED) is 0.531.